The molecule has 1 heteroatoms. The molecule has 0 bridgehead atoms. The van der Waals surface area contributed by atoms with Gasteiger partial charge in [0.05, 0.1) is 0 Å². The molecule has 0 saturated heterocycles. The fourth-order valence-electron chi connectivity index (χ4n) is 3.26. The molecular weight excluding hydrogens is 247 g/mol. The van der Waals surface area contributed by atoms with E-state index in [1.54, 1.807) is 13.8 Å². The van der Waals surface area contributed by atoms with Crippen LogP contribution in [0.4, 0.5) is 4.39 Å². The van der Waals surface area contributed by atoms with Gasteiger partial charge in [-0.1, -0.05) is 46.8 Å². The highest BCUT2D eigenvalue weighted by atomic mass is 19.1. The van der Waals surface area contributed by atoms with Crippen molar-refractivity contribution >= 4 is 0 Å². The smallest absolute Gasteiger partial charge is 0.115 e. The van der Waals surface area contributed by atoms with Gasteiger partial charge in [0.25, 0.3) is 0 Å². The molecule has 1 aromatic carbocycles. The summed E-state index contributed by atoms with van der Waals surface area (Å²) in [7, 11) is 0. The lowest BCUT2D eigenvalue weighted by molar-refractivity contribution is 0.0177. The molecule has 0 radical (unpaired) electrons. The van der Waals surface area contributed by atoms with E-state index in [2.05, 4.69) is 60.6 Å². The van der Waals surface area contributed by atoms with Gasteiger partial charge in [0.2, 0.25) is 0 Å². The third-order valence-electron chi connectivity index (χ3n) is 5.42. The van der Waals surface area contributed by atoms with Crippen molar-refractivity contribution in [1.29, 1.82) is 0 Å². The van der Waals surface area contributed by atoms with Gasteiger partial charge in [0.15, 0.2) is 0 Å². The molecule has 114 valence electrons. The molecule has 0 fully saturated rings. The van der Waals surface area contributed by atoms with Crippen LogP contribution in [0.5, 0.6) is 0 Å². The van der Waals surface area contributed by atoms with Gasteiger partial charge in [0.1, 0.15) is 5.67 Å². The molecule has 0 amide bonds. The largest absolute Gasteiger partial charge is 0.244 e. The summed E-state index contributed by atoms with van der Waals surface area (Å²) in [5, 5.41) is 0. The van der Waals surface area contributed by atoms with Crippen molar-refractivity contribution in [2.45, 2.75) is 79.8 Å². The quantitative estimate of drug-likeness (QED) is 0.644. The zero-order valence-electron chi connectivity index (χ0n) is 14.7. The van der Waals surface area contributed by atoms with Gasteiger partial charge in [-0.3, -0.25) is 0 Å². The van der Waals surface area contributed by atoms with E-state index in [9.17, 15) is 0 Å². The average Bonchev–Trinajstić information content (AvgIpc) is 2.28. The molecular formula is C19H31F. The monoisotopic (exact) mass is 278 g/mol. The van der Waals surface area contributed by atoms with Crippen LogP contribution < -0.4 is 0 Å². The SMILES string of the molecule is CCc1cc(C(C)(C(C)(C)C)C(C)(C)F)cc(C)c1C. The van der Waals surface area contributed by atoms with Crippen LogP contribution in [0.3, 0.4) is 0 Å². The minimum atomic E-state index is -1.28. The third-order valence-corrected chi connectivity index (χ3v) is 5.42. The number of alkyl halides is 1. The highest BCUT2D eigenvalue weighted by molar-refractivity contribution is 5.43. The van der Waals surface area contributed by atoms with E-state index in [4.69, 9.17) is 0 Å². The van der Waals surface area contributed by atoms with Crippen molar-refractivity contribution < 1.29 is 4.39 Å². The standard InChI is InChI=1S/C19H31F/c1-10-15-12-16(11-13(2)14(15)3)19(9,17(4,5)6)18(7,8)20/h11-12H,10H2,1-9H3. The highest BCUT2D eigenvalue weighted by Crippen LogP contribution is 2.51. The molecule has 0 N–H and O–H groups in total. The van der Waals surface area contributed by atoms with Gasteiger partial charge >= 0.3 is 0 Å². The van der Waals surface area contributed by atoms with Crippen LogP contribution >= 0.6 is 0 Å². The molecule has 0 aliphatic carbocycles. The van der Waals surface area contributed by atoms with E-state index >= 15 is 4.39 Å². The Balaban J connectivity index is 3.65. The normalized spacial score (nSPS) is 16.1. The Kier molecular flexibility index (Phi) is 4.44. The molecule has 0 heterocycles. The molecule has 1 atom stereocenters. The zero-order valence-corrected chi connectivity index (χ0v) is 14.7. The molecule has 20 heavy (non-hydrogen) atoms. The van der Waals surface area contributed by atoms with E-state index < -0.39 is 11.1 Å². The van der Waals surface area contributed by atoms with Crippen molar-refractivity contribution in [1.82, 2.24) is 0 Å². The Labute approximate surface area is 124 Å². The van der Waals surface area contributed by atoms with Gasteiger partial charge in [-0.15, -0.1) is 0 Å². The first-order valence-electron chi connectivity index (χ1n) is 7.65. The Morgan fingerprint density at radius 1 is 0.950 bits per heavy atom. The maximum absolute atomic E-state index is 15.1. The van der Waals surface area contributed by atoms with Crippen molar-refractivity contribution in [2.24, 2.45) is 5.41 Å². The first-order valence-corrected chi connectivity index (χ1v) is 7.65. The lowest BCUT2D eigenvalue weighted by Gasteiger charge is -2.49. The summed E-state index contributed by atoms with van der Waals surface area (Å²) in [6.07, 6.45) is 0.994. The van der Waals surface area contributed by atoms with E-state index in [0.717, 1.165) is 12.0 Å². The van der Waals surface area contributed by atoms with Crippen LogP contribution in [-0.2, 0) is 11.8 Å². The zero-order chi connectivity index (χ0) is 15.9. The van der Waals surface area contributed by atoms with Gasteiger partial charge < -0.3 is 0 Å². The van der Waals surface area contributed by atoms with Crippen LogP contribution in [0.25, 0.3) is 0 Å². The van der Waals surface area contributed by atoms with Gasteiger partial charge in [-0.05, 0) is 61.8 Å². The summed E-state index contributed by atoms with van der Waals surface area (Å²) >= 11 is 0. The third kappa shape index (κ3) is 2.64. The first-order chi connectivity index (χ1) is 8.86. The van der Waals surface area contributed by atoms with Crippen LogP contribution in [0, 0.1) is 19.3 Å². The van der Waals surface area contributed by atoms with Crippen LogP contribution in [0.1, 0.15) is 70.7 Å². The summed E-state index contributed by atoms with van der Waals surface area (Å²) in [6, 6.07) is 4.40. The number of aryl methyl sites for hydroxylation is 2. The van der Waals surface area contributed by atoms with Crippen molar-refractivity contribution in [3.8, 4) is 0 Å². The van der Waals surface area contributed by atoms with Crippen molar-refractivity contribution in [2.75, 3.05) is 0 Å². The number of rotatable bonds is 3. The fourth-order valence-corrected chi connectivity index (χ4v) is 3.26. The van der Waals surface area contributed by atoms with Gasteiger partial charge in [0, 0.05) is 5.41 Å². The van der Waals surface area contributed by atoms with Crippen molar-refractivity contribution in [3.63, 3.8) is 0 Å². The molecule has 0 nitrogen and oxygen atoms in total. The Bertz CT molecular complexity index is 470. The minimum absolute atomic E-state index is 0.155. The minimum Gasteiger partial charge on any atom is -0.244 e. The molecule has 0 aliphatic heterocycles. The predicted molar refractivity (Wildman–Crippen MR) is 87.3 cm³/mol. The van der Waals surface area contributed by atoms with E-state index in [0.29, 0.717) is 0 Å². The lowest BCUT2D eigenvalue weighted by Crippen LogP contribution is -2.51. The Morgan fingerprint density at radius 2 is 1.45 bits per heavy atom. The highest BCUT2D eigenvalue weighted by Gasteiger charge is 2.51. The lowest BCUT2D eigenvalue weighted by atomic mass is 9.56. The topological polar surface area (TPSA) is 0 Å². The van der Waals surface area contributed by atoms with Crippen LogP contribution in [0.15, 0.2) is 12.1 Å². The molecule has 0 spiro atoms. The average molecular weight is 278 g/mol. The molecule has 0 saturated carbocycles. The second-order valence-electron chi connectivity index (χ2n) is 7.78. The Hall–Kier alpha value is -0.850. The summed E-state index contributed by atoms with van der Waals surface area (Å²) in [6.45, 7) is 18.3. The molecule has 1 rings (SSSR count). The summed E-state index contributed by atoms with van der Waals surface area (Å²) in [4.78, 5) is 0. The summed E-state index contributed by atoms with van der Waals surface area (Å²) in [5.74, 6) is 0. The molecule has 0 aliphatic rings. The van der Waals surface area contributed by atoms with E-state index in [1.807, 2.05) is 0 Å². The maximum atomic E-state index is 15.1. The maximum Gasteiger partial charge on any atom is 0.115 e. The molecule has 1 unspecified atom stereocenters. The van der Waals surface area contributed by atoms with E-state index in [1.165, 1.54) is 16.7 Å². The molecule has 0 aromatic heterocycles. The number of hydrogen-bond donors (Lipinski definition) is 0. The van der Waals surface area contributed by atoms with Crippen LogP contribution in [-0.4, -0.2) is 5.67 Å². The second kappa shape index (κ2) is 5.16. The Morgan fingerprint density at radius 3 is 1.80 bits per heavy atom. The number of benzene rings is 1. The number of hydrogen-bond acceptors (Lipinski definition) is 0. The van der Waals surface area contributed by atoms with Gasteiger partial charge in [-0.25, -0.2) is 4.39 Å². The van der Waals surface area contributed by atoms with Crippen LogP contribution in [0.2, 0.25) is 0 Å². The van der Waals surface area contributed by atoms with Crippen molar-refractivity contribution in [3.05, 3.63) is 34.4 Å². The fraction of sp³-hybridized carbons (Fsp3) is 0.684. The predicted octanol–water partition coefficient (Wildman–Crippen LogP) is 5.92. The summed E-state index contributed by atoms with van der Waals surface area (Å²) < 4.78 is 15.1. The van der Waals surface area contributed by atoms with E-state index in [-0.39, 0.29) is 5.41 Å². The molecule has 1 aromatic rings. The first kappa shape index (κ1) is 17.2. The summed E-state index contributed by atoms with van der Waals surface area (Å²) in [5.41, 5.74) is 3.10. The second-order valence-corrected chi connectivity index (χ2v) is 7.78. The van der Waals surface area contributed by atoms with Gasteiger partial charge in [-0.2, -0.15) is 0 Å². The number of halogens is 1.